The summed E-state index contributed by atoms with van der Waals surface area (Å²) in [6, 6.07) is 6.18. The lowest BCUT2D eigenvalue weighted by Crippen LogP contribution is -1.96. The second-order valence-electron chi connectivity index (χ2n) is 3.86. The molecule has 94 valence electrons. The Hall–Kier alpha value is -1.32. The maximum atomic E-state index is 13.9. The first-order valence-corrected chi connectivity index (χ1v) is 6.18. The summed E-state index contributed by atoms with van der Waals surface area (Å²) in [5.74, 6) is -0.421. The van der Waals surface area contributed by atoms with Gasteiger partial charge in [0.25, 0.3) is 0 Å². The summed E-state index contributed by atoms with van der Waals surface area (Å²) in [6.07, 6.45) is 0.682. The van der Waals surface area contributed by atoms with E-state index in [4.69, 9.17) is 28.9 Å². The van der Waals surface area contributed by atoms with Gasteiger partial charge in [0.1, 0.15) is 16.1 Å². The van der Waals surface area contributed by atoms with E-state index in [1.807, 2.05) is 6.92 Å². The van der Waals surface area contributed by atoms with Gasteiger partial charge in [0, 0.05) is 16.8 Å². The lowest BCUT2D eigenvalue weighted by Gasteiger charge is -2.11. The van der Waals surface area contributed by atoms with Gasteiger partial charge in [-0.2, -0.15) is 0 Å². The maximum absolute atomic E-state index is 13.9. The van der Waals surface area contributed by atoms with E-state index in [1.54, 1.807) is 18.2 Å². The highest BCUT2D eigenvalue weighted by molar-refractivity contribution is 6.34. The number of hydrogen-bond donors (Lipinski definition) is 1. The number of halogens is 3. The first kappa shape index (κ1) is 13.1. The minimum atomic E-state index is -0.421. The number of hydrogen-bond acceptors (Lipinski definition) is 2. The summed E-state index contributed by atoms with van der Waals surface area (Å²) in [5, 5.41) is 0.500. The van der Waals surface area contributed by atoms with Crippen LogP contribution in [-0.4, -0.2) is 4.98 Å². The molecule has 2 nitrogen and oxygen atoms in total. The minimum Gasteiger partial charge on any atom is -0.399 e. The average molecular weight is 285 g/mol. The van der Waals surface area contributed by atoms with Crippen molar-refractivity contribution in [1.29, 1.82) is 0 Å². The number of anilines is 1. The van der Waals surface area contributed by atoms with Gasteiger partial charge < -0.3 is 5.73 Å². The number of nitrogens with zero attached hydrogens (tertiary/aromatic N) is 1. The highest BCUT2D eigenvalue weighted by Crippen LogP contribution is 2.34. The van der Waals surface area contributed by atoms with E-state index in [0.29, 0.717) is 28.4 Å². The molecule has 0 radical (unpaired) electrons. The van der Waals surface area contributed by atoms with E-state index in [9.17, 15) is 4.39 Å². The third kappa shape index (κ3) is 2.42. The molecular formula is C13H11Cl2FN2. The van der Waals surface area contributed by atoms with Crippen LogP contribution in [0.4, 0.5) is 10.1 Å². The molecule has 0 fully saturated rings. The molecule has 0 atom stereocenters. The number of benzene rings is 1. The highest BCUT2D eigenvalue weighted by Gasteiger charge is 2.15. The van der Waals surface area contributed by atoms with E-state index in [1.165, 1.54) is 6.07 Å². The lowest BCUT2D eigenvalue weighted by molar-refractivity contribution is 0.631. The Kier molecular flexibility index (Phi) is 3.73. The third-order valence-corrected chi connectivity index (χ3v) is 3.14. The van der Waals surface area contributed by atoms with Crippen LogP contribution in [0.2, 0.25) is 10.3 Å². The van der Waals surface area contributed by atoms with Crippen molar-refractivity contribution in [3.05, 3.63) is 46.0 Å². The van der Waals surface area contributed by atoms with Crippen LogP contribution >= 0.6 is 23.2 Å². The van der Waals surface area contributed by atoms with Crippen LogP contribution in [0.3, 0.4) is 0 Å². The number of rotatable bonds is 2. The summed E-state index contributed by atoms with van der Waals surface area (Å²) in [5.41, 5.74) is 7.70. The molecule has 2 aromatic rings. The quantitative estimate of drug-likeness (QED) is 0.658. The largest absolute Gasteiger partial charge is 0.399 e. The molecule has 0 aliphatic rings. The van der Waals surface area contributed by atoms with E-state index in [0.717, 1.165) is 5.56 Å². The standard InChI is InChI=1S/C13H11Cl2FN2/c1-2-7-5-11(14)18-13(15)12(7)9-4-3-8(17)6-10(9)16/h3-6H,2,17H2,1H3. The van der Waals surface area contributed by atoms with Crippen molar-refractivity contribution in [2.24, 2.45) is 0 Å². The molecule has 0 aliphatic heterocycles. The molecule has 1 aromatic heterocycles. The van der Waals surface area contributed by atoms with Crippen molar-refractivity contribution in [1.82, 2.24) is 4.98 Å². The smallest absolute Gasteiger partial charge is 0.139 e. The lowest BCUT2D eigenvalue weighted by atomic mass is 9.99. The number of pyridine rings is 1. The molecular weight excluding hydrogens is 274 g/mol. The van der Waals surface area contributed by atoms with Gasteiger partial charge in [-0.05, 0) is 36.2 Å². The fourth-order valence-electron chi connectivity index (χ4n) is 1.83. The van der Waals surface area contributed by atoms with Crippen molar-refractivity contribution >= 4 is 28.9 Å². The Balaban J connectivity index is 2.70. The first-order valence-electron chi connectivity index (χ1n) is 5.43. The Bertz CT molecular complexity index is 600. The molecule has 5 heteroatoms. The molecule has 18 heavy (non-hydrogen) atoms. The van der Waals surface area contributed by atoms with Crippen LogP contribution in [0.5, 0.6) is 0 Å². The van der Waals surface area contributed by atoms with Gasteiger partial charge in [-0.15, -0.1) is 0 Å². The van der Waals surface area contributed by atoms with Crippen molar-refractivity contribution < 1.29 is 4.39 Å². The van der Waals surface area contributed by atoms with Gasteiger partial charge in [-0.3, -0.25) is 0 Å². The van der Waals surface area contributed by atoms with E-state index < -0.39 is 5.82 Å². The van der Waals surface area contributed by atoms with E-state index in [2.05, 4.69) is 4.98 Å². The zero-order chi connectivity index (χ0) is 13.3. The van der Waals surface area contributed by atoms with Gasteiger partial charge >= 0.3 is 0 Å². The molecule has 2 rings (SSSR count). The van der Waals surface area contributed by atoms with Gasteiger partial charge in [-0.1, -0.05) is 30.1 Å². The van der Waals surface area contributed by atoms with Crippen LogP contribution in [0.1, 0.15) is 12.5 Å². The minimum absolute atomic E-state index is 0.197. The SMILES string of the molecule is CCc1cc(Cl)nc(Cl)c1-c1ccc(N)cc1F. The number of aromatic nitrogens is 1. The Morgan fingerprint density at radius 3 is 2.61 bits per heavy atom. The van der Waals surface area contributed by atoms with Crippen LogP contribution in [0.25, 0.3) is 11.1 Å². The monoisotopic (exact) mass is 284 g/mol. The van der Waals surface area contributed by atoms with Gasteiger partial charge in [0.05, 0.1) is 0 Å². The molecule has 0 saturated carbocycles. The number of nitrogen functional groups attached to an aromatic ring is 1. The topological polar surface area (TPSA) is 38.9 Å². The summed E-state index contributed by atoms with van der Waals surface area (Å²) in [7, 11) is 0. The summed E-state index contributed by atoms with van der Waals surface area (Å²) >= 11 is 11.9. The van der Waals surface area contributed by atoms with Crippen LogP contribution in [0.15, 0.2) is 24.3 Å². The Labute approximate surface area is 115 Å². The van der Waals surface area contributed by atoms with Crippen LogP contribution < -0.4 is 5.73 Å². The van der Waals surface area contributed by atoms with Crippen molar-refractivity contribution in [2.45, 2.75) is 13.3 Å². The molecule has 0 spiro atoms. The Morgan fingerprint density at radius 1 is 1.28 bits per heavy atom. The van der Waals surface area contributed by atoms with Crippen LogP contribution in [-0.2, 0) is 6.42 Å². The second-order valence-corrected chi connectivity index (χ2v) is 4.61. The highest BCUT2D eigenvalue weighted by atomic mass is 35.5. The number of nitrogens with two attached hydrogens (primary N) is 1. The second kappa shape index (κ2) is 5.12. The molecule has 2 N–H and O–H groups in total. The fourth-order valence-corrected chi connectivity index (χ4v) is 2.40. The molecule has 0 aliphatic carbocycles. The molecule has 0 amide bonds. The van der Waals surface area contributed by atoms with Crippen molar-refractivity contribution in [3.8, 4) is 11.1 Å². The van der Waals surface area contributed by atoms with E-state index in [-0.39, 0.29) is 5.15 Å². The third-order valence-electron chi connectivity index (χ3n) is 2.67. The van der Waals surface area contributed by atoms with Crippen LogP contribution in [0, 0.1) is 5.82 Å². The van der Waals surface area contributed by atoms with E-state index >= 15 is 0 Å². The molecule has 0 unspecified atom stereocenters. The molecule has 1 heterocycles. The maximum Gasteiger partial charge on any atom is 0.139 e. The molecule has 1 aromatic carbocycles. The van der Waals surface area contributed by atoms with Gasteiger partial charge in [-0.25, -0.2) is 9.37 Å². The fraction of sp³-hybridized carbons (Fsp3) is 0.154. The van der Waals surface area contributed by atoms with Gasteiger partial charge in [0.15, 0.2) is 0 Å². The Morgan fingerprint density at radius 2 is 2.00 bits per heavy atom. The zero-order valence-corrected chi connectivity index (χ0v) is 11.2. The first-order chi connectivity index (χ1) is 8.52. The summed E-state index contributed by atoms with van der Waals surface area (Å²) < 4.78 is 13.9. The normalized spacial score (nSPS) is 10.7. The van der Waals surface area contributed by atoms with Crippen molar-refractivity contribution in [2.75, 3.05) is 5.73 Å². The van der Waals surface area contributed by atoms with Gasteiger partial charge in [0.2, 0.25) is 0 Å². The van der Waals surface area contributed by atoms with Crippen molar-refractivity contribution in [3.63, 3.8) is 0 Å². The zero-order valence-electron chi connectivity index (χ0n) is 9.67. The molecule has 0 bridgehead atoms. The summed E-state index contributed by atoms with van der Waals surface area (Å²) in [4.78, 5) is 3.96. The summed E-state index contributed by atoms with van der Waals surface area (Å²) in [6.45, 7) is 1.95. The average Bonchev–Trinajstić information content (AvgIpc) is 2.29. The molecule has 0 saturated heterocycles. The predicted molar refractivity (Wildman–Crippen MR) is 73.4 cm³/mol. The predicted octanol–water partition coefficient (Wildman–Crippen LogP) is 4.34. The number of aryl methyl sites for hydroxylation is 1.